The topological polar surface area (TPSA) is 148 Å². The number of rotatable bonds is 12. The zero-order valence-electron chi connectivity index (χ0n) is 18.2. The fraction of sp³-hybridized carbons (Fsp3) is 0.762. The van der Waals surface area contributed by atoms with E-state index in [9.17, 15) is 24.0 Å². The first-order valence-electron chi connectivity index (χ1n) is 11.2. The maximum Gasteiger partial charge on any atom is 0.305 e. The number of carbonyl (C=O) groups excluding carboxylic acids is 5. The summed E-state index contributed by atoms with van der Waals surface area (Å²) in [6.07, 6.45) is 5.63. The molecule has 4 N–H and O–H groups in total. The van der Waals surface area contributed by atoms with E-state index in [1.54, 1.807) is 0 Å². The lowest BCUT2D eigenvalue weighted by atomic mass is 10.1. The molecule has 2 aliphatic rings. The molecular formula is C21H34N4O6. The van der Waals surface area contributed by atoms with Gasteiger partial charge in [0, 0.05) is 19.4 Å². The molecular weight excluding hydrogens is 404 g/mol. The molecule has 0 saturated carbocycles. The molecule has 31 heavy (non-hydrogen) atoms. The first-order valence-corrected chi connectivity index (χ1v) is 11.2. The van der Waals surface area contributed by atoms with Gasteiger partial charge < -0.3 is 26.0 Å². The predicted octanol–water partition coefficient (Wildman–Crippen LogP) is 0.130. The molecule has 10 heteroatoms. The van der Waals surface area contributed by atoms with Crippen LogP contribution < -0.4 is 16.4 Å². The summed E-state index contributed by atoms with van der Waals surface area (Å²) in [5, 5.41) is 5.21. The molecule has 0 spiro atoms. The fourth-order valence-electron chi connectivity index (χ4n) is 3.92. The molecule has 0 aliphatic carbocycles. The molecule has 4 amide bonds. The number of esters is 1. The monoisotopic (exact) mass is 438 g/mol. The van der Waals surface area contributed by atoms with Crippen molar-refractivity contribution >= 4 is 29.6 Å². The van der Waals surface area contributed by atoms with Crippen LogP contribution in [-0.4, -0.2) is 65.8 Å². The summed E-state index contributed by atoms with van der Waals surface area (Å²) in [4.78, 5) is 62.2. The molecule has 2 aliphatic heterocycles. The van der Waals surface area contributed by atoms with E-state index < -0.39 is 41.8 Å². The molecule has 10 nitrogen and oxygen atoms in total. The van der Waals surface area contributed by atoms with Gasteiger partial charge >= 0.3 is 5.97 Å². The molecule has 174 valence electrons. The molecule has 2 rings (SSSR count). The zero-order chi connectivity index (χ0) is 22.8. The number of nitrogens with zero attached hydrogens (tertiary/aromatic N) is 1. The van der Waals surface area contributed by atoms with E-state index in [-0.39, 0.29) is 25.2 Å². The Morgan fingerprint density at radius 1 is 1.23 bits per heavy atom. The SMILES string of the molecule is CCCCCCOC(=O)CC[C@H](NC(=O)[C@@H]1CCC(=O)N1)C(=O)N1CCC[C@H]1C(N)=O. The number of amides is 4. The highest BCUT2D eigenvalue weighted by atomic mass is 16.5. The number of nitrogens with two attached hydrogens (primary N) is 1. The Balaban J connectivity index is 1.95. The van der Waals surface area contributed by atoms with Gasteiger partial charge in [-0.3, -0.25) is 24.0 Å². The van der Waals surface area contributed by atoms with Crippen LogP contribution in [0.15, 0.2) is 0 Å². The van der Waals surface area contributed by atoms with Crippen molar-refractivity contribution in [2.24, 2.45) is 5.73 Å². The standard InChI is InChI=1S/C21H34N4O6/c1-2-3-4-5-13-31-18(27)11-9-15(24-20(29)14-8-10-17(26)23-14)21(30)25-12-6-7-16(25)19(22)28/h14-16H,2-13H2,1H3,(H2,22,28)(H,23,26)(H,24,29)/t14-,15-,16-/m0/s1. The van der Waals surface area contributed by atoms with Gasteiger partial charge in [0.1, 0.15) is 18.1 Å². The van der Waals surface area contributed by atoms with Gasteiger partial charge in [-0.1, -0.05) is 26.2 Å². The second-order valence-corrected chi connectivity index (χ2v) is 8.13. The third kappa shape index (κ3) is 7.52. The molecule has 0 unspecified atom stereocenters. The van der Waals surface area contributed by atoms with Crippen LogP contribution >= 0.6 is 0 Å². The van der Waals surface area contributed by atoms with E-state index in [4.69, 9.17) is 10.5 Å². The lowest BCUT2D eigenvalue weighted by molar-refractivity contribution is -0.145. The number of hydrogen-bond donors (Lipinski definition) is 3. The highest BCUT2D eigenvalue weighted by Crippen LogP contribution is 2.19. The molecule has 0 aromatic carbocycles. The molecule has 0 aromatic heterocycles. The second kappa shape index (κ2) is 12.3. The summed E-state index contributed by atoms with van der Waals surface area (Å²) < 4.78 is 5.21. The number of ether oxygens (including phenoxy) is 1. The van der Waals surface area contributed by atoms with E-state index in [1.807, 2.05) is 0 Å². The molecule has 0 aromatic rings. The molecule has 2 heterocycles. The van der Waals surface area contributed by atoms with Gasteiger partial charge in [-0.25, -0.2) is 0 Å². The summed E-state index contributed by atoms with van der Waals surface area (Å²) >= 11 is 0. The third-order valence-electron chi connectivity index (χ3n) is 5.69. The Hall–Kier alpha value is -2.65. The summed E-state index contributed by atoms with van der Waals surface area (Å²) in [6.45, 7) is 2.78. The maximum absolute atomic E-state index is 13.1. The largest absolute Gasteiger partial charge is 0.466 e. The Morgan fingerprint density at radius 2 is 2.00 bits per heavy atom. The van der Waals surface area contributed by atoms with Gasteiger partial charge in [-0.15, -0.1) is 0 Å². The number of unbranched alkanes of at least 4 members (excludes halogenated alkanes) is 3. The van der Waals surface area contributed by atoms with E-state index in [0.717, 1.165) is 25.7 Å². The van der Waals surface area contributed by atoms with E-state index in [0.29, 0.717) is 32.4 Å². The third-order valence-corrected chi connectivity index (χ3v) is 5.69. The molecule has 0 radical (unpaired) electrons. The van der Waals surface area contributed by atoms with E-state index in [1.165, 1.54) is 4.90 Å². The van der Waals surface area contributed by atoms with Gasteiger partial charge in [0.15, 0.2) is 0 Å². The Morgan fingerprint density at radius 3 is 2.65 bits per heavy atom. The van der Waals surface area contributed by atoms with Crippen molar-refractivity contribution in [3.05, 3.63) is 0 Å². The smallest absolute Gasteiger partial charge is 0.305 e. The van der Waals surface area contributed by atoms with Crippen LogP contribution in [0.4, 0.5) is 0 Å². The van der Waals surface area contributed by atoms with Crippen LogP contribution in [0.5, 0.6) is 0 Å². The molecule has 3 atom stereocenters. The minimum atomic E-state index is -1.00. The summed E-state index contributed by atoms with van der Waals surface area (Å²) in [5.74, 6) is -2.18. The van der Waals surface area contributed by atoms with Crippen LogP contribution in [0.25, 0.3) is 0 Å². The summed E-state index contributed by atoms with van der Waals surface area (Å²) in [5.41, 5.74) is 5.41. The van der Waals surface area contributed by atoms with Gasteiger partial charge in [0.05, 0.1) is 6.61 Å². The maximum atomic E-state index is 13.1. The zero-order valence-corrected chi connectivity index (χ0v) is 18.2. The number of carbonyl (C=O) groups is 5. The number of primary amides is 1. The Kier molecular flexibility index (Phi) is 9.74. The predicted molar refractivity (Wildman–Crippen MR) is 111 cm³/mol. The van der Waals surface area contributed by atoms with Gasteiger partial charge in [-0.05, 0) is 32.1 Å². The lowest BCUT2D eigenvalue weighted by Crippen LogP contribution is -2.55. The van der Waals surface area contributed by atoms with Crippen LogP contribution in [-0.2, 0) is 28.7 Å². The van der Waals surface area contributed by atoms with Crippen molar-refractivity contribution in [2.45, 2.75) is 89.3 Å². The molecule has 0 bridgehead atoms. The Labute approximate surface area is 182 Å². The highest BCUT2D eigenvalue weighted by molar-refractivity contribution is 5.95. The van der Waals surface area contributed by atoms with Crippen LogP contribution in [0.2, 0.25) is 0 Å². The van der Waals surface area contributed by atoms with Crippen molar-refractivity contribution in [1.82, 2.24) is 15.5 Å². The van der Waals surface area contributed by atoms with Crippen LogP contribution in [0.1, 0.15) is 71.1 Å². The summed E-state index contributed by atoms with van der Waals surface area (Å²) in [6, 6.07) is -2.43. The minimum absolute atomic E-state index is 0.0427. The van der Waals surface area contributed by atoms with Crippen molar-refractivity contribution in [1.29, 1.82) is 0 Å². The second-order valence-electron chi connectivity index (χ2n) is 8.13. The number of likely N-dealkylation sites (tertiary alicyclic amines) is 1. The lowest BCUT2D eigenvalue weighted by Gasteiger charge is -2.28. The Bertz CT molecular complexity index is 683. The quantitative estimate of drug-likeness (QED) is 0.291. The molecule has 2 fully saturated rings. The van der Waals surface area contributed by atoms with Gasteiger partial charge in [0.25, 0.3) is 0 Å². The number of hydrogen-bond acceptors (Lipinski definition) is 6. The first-order chi connectivity index (χ1) is 14.8. The van der Waals surface area contributed by atoms with Crippen molar-refractivity contribution in [3.8, 4) is 0 Å². The molecule has 2 saturated heterocycles. The fourth-order valence-corrected chi connectivity index (χ4v) is 3.92. The van der Waals surface area contributed by atoms with E-state index >= 15 is 0 Å². The van der Waals surface area contributed by atoms with Crippen molar-refractivity contribution < 1.29 is 28.7 Å². The van der Waals surface area contributed by atoms with E-state index in [2.05, 4.69) is 17.6 Å². The summed E-state index contributed by atoms with van der Waals surface area (Å²) in [7, 11) is 0. The van der Waals surface area contributed by atoms with Crippen LogP contribution in [0.3, 0.4) is 0 Å². The minimum Gasteiger partial charge on any atom is -0.466 e. The van der Waals surface area contributed by atoms with Crippen molar-refractivity contribution in [3.63, 3.8) is 0 Å². The normalized spacial score (nSPS) is 21.5. The van der Waals surface area contributed by atoms with Crippen LogP contribution in [0, 0.1) is 0 Å². The van der Waals surface area contributed by atoms with Gasteiger partial charge in [0.2, 0.25) is 23.6 Å². The van der Waals surface area contributed by atoms with Crippen molar-refractivity contribution in [2.75, 3.05) is 13.2 Å². The number of nitrogens with one attached hydrogen (secondary N) is 2. The van der Waals surface area contributed by atoms with Gasteiger partial charge in [-0.2, -0.15) is 0 Å². The highest BCUT2D eigenvalue weighted by Gasteiger charge is 2.38. The first kappa shape index (κ1) is 24.6. The average Bonchev–Trinajstić information content (AvgIpc) is 3.39. The average molecular weight is 439 g/mol.